The summed E-state index contributed by atoms with van der Waals surface area (Å²) in [5.41, 5.74) is 0. The summed E-state index contributed by atoms with van der Waals surface area (Å²) in [5, 5.41) is 10.8. The molecule has 0 aromatic heterocycles. The third kappa shape index (κ3) is 80.5. The molecule has 0 aliphatic heterocycles. The molecule has 0 bridgehead atoms. The number of esters is 2. The number of amides is 4. The number of phosphoric ester groups is 2. The zero-order valence-electron chi connectivity index (χ0n) is 72.8. The van der Waals surface area contributed by atoms with Gasteiger partial charge in [-0.15, -0.1) is 0 Å². The topological polar surface area (TPSA) is 282 Å². The van der Waals surface area contributed by atoms with Crippen LogP contribution in [0.15, 0.2) is 0 Å². The fourth-order valence-electron chi connectivity index (χ4n) is 12.9. The first-order chi connectivity index (χ1) is 51.5. The molecule has 0 aliphatic carbocycles. The molecule has 6 atom stereocenters. The Morgan fingerprint density at radius 2 is 0.537 bits per heavy atom. The van der Waals surface area contributed by atoms with Gasteiger partial charge in [0.15, 0.2) is 0 Å². The molecule has 25 heteroatoms. The van der Waals surface area contributed by atoms with Crippen molar-refractivity contribution >= 4 is 45.4 Å². The average molecular weight is 1600 g/mol. The van der Waals surface area contributed by atoms with Gasteiger partial charge in [0, 0.05) is 38.8 Å². The van der Waals surface area contributed by atoms with Gasteiger partial charge in [-0.1, -0.05) is 337 Å². The molecule has 0 saturated heterocycles. The summed E-state index contributed by atoms with van der Waals surface area (Å²) in [5.74, 6) is -0.992. The number of ether oxygens (including phenoxy) is 4. The van der Waals surface area contributed by atoms with Gasteiger partial charge >= 0.3 is 92.7 Å². The van der Waals surface area contributed by atoms with E-state index in [9.17, 15) is 42.9 Å². The number of phosphoric acid groups is 2. The van der Waals surface area contributed by atoms with Crippen molar-refractivity contribution in [3.05, 3.63) is 0 Å². The molecule has 0 fully saturated rings. The minimum absolute atomic E-state index is 0. The van der Waals surface area contributed by atoms with Crippen molar-refractivity contribution in [1.82, 2.24) is 21.3 Å². The van der Waals surface area contributed by atoms with Gasteiger partial charge in [0.2, 0.25) is 11.8 Å². The van der Waals surface area contributed by atoms with Crippen LogP contribution < -0.4 is 80.4 Å². The Bertz CT molecular complexity index is 1990. The Morgan fingerprint density at radius 3 is 0.796 bits per heavy atom. The smallest absolute Gasteiger partial charge is 1.00 e. The van der Waals surface area contributed by atoms with Crippen molar-refractivity contribution in [3.8, 4) is 0 Å². The Labute approximate surface area is 707 Å². The van der Waals surface area contributed by atoms with Crippen molar-refractivity contribution in [2.45, 2.75) is 438 Å². The van der Waals surface area contributed by atoms with E-state index in [1.807, 2.05) is 0 Å². The Balaban J connectivity index is -0.00000919. The Morgan fingerprint density at radius 1 is 0.306 bits per heavy atom. The van der Waals surface area contributed by atoms with Gasteiger partial charge < -0.3 is 52.9 Å². The number of carbonyl (C=O) groups is 5. The Kier molecular flexibility index (Phi) is 86.9. The molecule has 4 amide bonds. The predicted molar refractivity (Wildman–Crippen MR) is 434 cm³/mol. The fourth-order valence-corrected chi connectivity index (χ4v) is 14.4. The molecule has 0 rings (SSSR count). The average Bonchev–Trinajstić information content (AvgIpc) is 0.927. The minimum atomic E-state index is -4.73. The summed E-state index contributed by atoms with van der Waals surface area (Å²) in [6, 6.07) is -2.40. The van der Waals surface area contributed by atoms with E-state index in [1.54, 1.807) is 0 Å². The first kappa shape index (κ1) is 111. The van der Waals surface area contributed by atoms with E-state index in [1.165, 1.54) is 180 Å². The third-order valence-corrected chi connectivity index (χ3v) is 21.4. The largest absolute Gasteiger partial charge is 1.00 e. The maximum absolute atomic E-state index is 13.3. The van der Waals surface area contributed by atoms with Crippen LogP contribution in [0.5, 0.6) is 0 Å². The van der Waals surface area contributed by atoms with Crippen molar-refractivity contribution in [2.75, 3.05) is 65.9 Å². The molecular weight excluding hydrogens is 1430 g/mol. The summed E-state index contributed by atoms with van der Waals surface area (Å²) in [6.45, 7) is 11.1. The summed E-state index contributed by atoms with van der Waals surface area (Å²) >= 11 is 0. The van der Waals surface area contributed by atoms with Crippen LogP contribution in [0.4, 0.5) is 4.79 Å². The first-order valence-electron chi connectivity index (χ1n) is 43.9. The molecule has 21 nitrogen and oxygen atoms in total. The summed E-state index contributed by atoms with van der Waals surface area (Å²) in [7, 11) is -9.45. The summed E-state index contributed by atoms with van der Waals surface area (Å²) in [4.78, 5) is 87.2. The molecule has 0 heterocycles. The molecule has 0 aliphatic rings. The molecule has 0 spiro atoms. The second-order valence-corrected chi connectivity index (χ2v) is 33.0. The second kappa shape index (κ2) is 84.2. The molecule has 0 radical (unpaired) electrons. The van der Waals surface area contributed by atoms with Crippen LogP contribution >= 0.6 is 15.6 Å². The van der Waals surface area contributed by atoms with Crippen LogP contribution in [-0.4, -0.2) is 130 Å². The molecule has 0 aromatic carbocycles. The molecule has 632 valence electrons. The number of rotatable bonds is 84. The number of carbonyl (C=O) groups excluding carboxylic acids is 5. The fraction of sp³-hybridized carbons (Fsp3) is 0.940. The van der Waals surface area contributed by atoms with Crippen LogP contribution in [0, 0.1) is 0 Å². The molecule has 6 N–H and O–H groups in total. The predicted octanol–water partition coefficient (Wildman–Crippen LogP) is 16.4. The van der Waals surface area contributed by atoms with E-state index < -0.39 is 72.4 Å². The van der Waals surface area contributed by atoms with Crippen LogP contribution in [0.3, 0.4) is 0 Å². The van der Waals surface area contributed by atoms with E-state index in [2.05, 4.69) is 62.8 Å². The summed E-state index contributed by atoms with van der Waals surface area (Å²) < 4.78 is 71.9. The van der Waals surface area contributed by atoms with Crippen LogP contribution in [0.25, 0.3) is 0 Å². The zero-order valence-corrected chi connectivity index (χ0v) is 76.6. The van der Waals surface area contributed by atoms with Crippen molar-refractivity contribution in [3.63, 3.8) is 0 Å². The van der Waals surface area contributed by atoms with Crippen LogP contribution in [0.2, 0.25) is 0 Å². The van der Waals surface area contributed by atoms with Crippen molar-refractivity contribution < 1.29 is 142 Å². The number of hydrogen-bond donors (Lipinski definition) is 6. The van der Waals surface area contributed by atoms with E-state index in [4.69, 9.17) is 37.0 Å². The van der Waals surface area contributed by atoms with Gasteiger partial charge in [0.25, 0.3) is 0 Å². The standard InChI is InChI=1S/C83H164N4O17P2.2Na.2H/c1-7-13-19-25-31-35-37-41-43-49-55-61-79(88)86-75(69-97-73-77(59-53-47-29-23-17-11-5)103-81(90)63-57-51-45-39-33-27-21-15-9-3)71-101-105(93,94)99-67-65-84-83(92)85-66-68-100-106(95,96)102-72-76(87-80(89)62-56-50-44-42-38-36-32-26-20-14-8-2)70-98-74-78(60-54-48-30-24-18-12-6)104-82(91)64-58-52-46-40-34-28-22-16-10-4;;;;/h75-78H,7-74H2,1-6H3,(H,86,88)(H,87,89)(H,93,94)(H,95,96)(H2,84,85,92);;;;/q;2*+1;2*-1/t75-,76-,77?,78?;;;;/m1..../s1. The van der Waals surface area contributed by atoms with Gasteiger partial charge in [0.05, 0.1) is 64.9 Å². The van der Waals surface area contributed by atoms with E-state index in [0.29, 0.717) is 38.5 Å². The number of unbranched alkanes of at least 4 members (excludes halogenated alkanes) is 46. The normalized spacial score (nSPS) is 13.6. The van der Waals surface area contributed by atoms with E-state index in [-0.39, 0.29) is 138 Å². The quantitative estimate of drug-likeness (QED) is 0.0143. The number of nitrogens with one attached hydrogen (secondary N) is 4. The molecule has 0 saturated carbocycles. The van der Waals surface area contributed by atoms with E-state index >= 15 is 0 Å². The maximum atomic E-state index is 13.3. The monoisotopic (exact) mass is 1600 g/mol. The van der Waals surface area contributed by atoms with Gasteiger partial charge in [-0.25, -0.2) is 13.9 Å². The SMILES string of the molecule is CCCCCCCCCCCCCC(=O)N[C@H](COCC(CCCCCCCC)OC(=O)CCCCCCCCCCC)COP(=O)(O)OCCNC(=O)NCCOP(=O)(O)OC[C@@H](COCC(CCCCCCCC)OC(=O)CCCCCCCCCCC)NC(=O)CCCCCCCCCCCCC.[H-].[H-].[Na+].[Na+]. The van der Waals surface area contributed by atoms with Crippen LogP contribution in [-0.2, 0) is 65.4 Å². The minimum Gasteiger partial charge on any atom is -1.00 e. The molecule has 0 aromatic rings. The molecule has 108 heavy (non-hydrogen) atoms. The number of hydrogen-bond acceptors (Lipinski definition) is 15. The molecular formula is C83H166N4Na2O17P2. The Hall–Kier alpha value is -0.710. The van der Waals surface area contributed by atoms with E-state index in [0.717, 1.165) is 141 Å². The summed E-state index contributed by atoms with van der Waals surface area (Å²) in [6.07, 6.45) is 60.1. The number of urea groups is 1. The van der Waals surface area contributed by atoms with Crippen molar-refractivity contribution in [1.29, 1.82) is 0 Å². The van der Waals surface area contributed by atoms with Gasteiger partial charge in [-0.2, -0.15) is 0 Å². The van der Waals surface area contributed by atoms with Gasteiger partial charge in [-0.05, 0) is 51.4 Å². The third-order valence-electron chi connectivity index (χ3n) is 19.5. The zero-order chi connectivity index (χ0) is 77.8. The van der Waals surface area contributed by atoms with Crippen LogP contribution in [0.1, 0.15) is 417 Å². The second-order valence-electron chi connectivity index (χ2n) is 30.0. The molecule has 4 unspecified atom stereocenters. The maximum Gasteiger partial charge on any atom is 1.00 e. The van der Waals surface area contributed by atoms with Gasteiger partial charge in [0.1, 0.15) is 12.2 Å². The first-order valence-corrected chi connectivity index (χ1v) is 46.9. The van der Waals surface area contributed by atoms with Crippen molar-refractivity contribution in [2.24, 2.45) is 0 Å². The van der Waals surface area contributed by atoms with Gasteiger partial charge in [-0.3, -0.25) is 37.3 Å².